The van der Waals surface area contributed by atoms with Gasteiger partial charge in [0.15, 0.2) is 17.5 Å². The molecular weight excluding hydrogens is 474 g/mol. The molecule has 2 aromatic heterocycles. The number of benzene rings is 3. The predicted octanol–water partition coefficient (Wildman–Crippen LogP) is 7.85. The molecule has 0 spiro atoms. The summed E-state index contributed by atoms with van der Waals surface area (Å²) >= 11 is 3.55. The highest BCUT2D eigenvalue weighted by atomic mass is 79.9. The molecule has 0 fully saturated rings. The lowest BCUT2D eigenvalue weighted by Gasteiger charge is -2.13. The fourth-order valence-electron chi connectivity index (χ4n) is 4.13. The van der Waals surface area contributed by atoms with E-state index in [1.165, 1.54) is 0 Å². The molecule has 1 unspecified atom stereocenters. The fraction of sp³-hybridized carbons (Fsp3) is 0.107. The monoisotopic (exact) mass is 493 g/mol. The third-order valence-corrected chi connectivity index (χ3v) is 6.42. The van der Waals surface area contributed by atoms with Crippen molar-refractivity contribution in [2.24, 2.45) is 5.92 Å². The van der Waals surface area contributed by atoms with Gasteiger partial charge in [0, 0.05) is 31.9 Å². The summed E-state index contributed by atoms with van der Waals surface area (Å²) in [4.78, 5) is 14.5. The number of aromatic nitrogens is 3. The Balaban J connectivity index is 1.52. The number of allylic oxidation sites excluding steroid dienone is 4. The molecule has 5 heteroatoms. The van der Waals surface area contributed by atoms with Crippen LogP contribution in [0.2, 0.25) is 0 Å². The average Bonchev–Trinajstić information content (AvgIpc) is 3.22. The van der Waals surface area contributed by atoms with Gasteiger partial charge in [-0.1, -0.05) is 77.5 Å². The molecule has 2 heterocycles. The van der Waals surface area contributed by atoms with Crippen LogP contribution in [0, 0.1) is 5.92 Å². The lowest BCUT2D eigenvalue weighted by atomic mass is 9.98. The van der Waals surface area contributed by atoms with Crippen LogP contribution in [-0.2, 0) is 0 Å². The maximum Gasteiger partial charge on any atom is 0.164 e. The molecule has 0 aliphatic heterocycles. The summed E-state index contributed by atoms with van der Waals surface area (Å²) < 4.78 is 7.16. The minimum atomic E-state index is 0.527. The van der Waals surface area contributed by atoms with Gasteiger partial charge in [0.25, 0.3) is 0 Å². The summed E-state index contributed by atoms with van der Waals surface area (Å²) in [6, 6.07) is 22.2. The van der Waals surface area contributed by atoms with Gasteiger partial charge in [0.2, 0.25) is 0 Å². The third kappa shape index (κ3) is 3.79. The van der Waals surface area contributed by atoms with Gasteiger partial charge in [0.1, 0.15) is 11.2 Å². The van der Waals surface area contributed by atoms with E-state index in [4.69, 9.17) is 19.4 Å². The molecule has 4 nitrogen and oxygen atoms in total. The number of rotatable bonds is 3. The van der Waals surface area contributed by atoms with E-state index in [0.29, 0.717) is 23.4 Å². The minimum Gasteiger partial charge on any atom is -0.456 e. The zero-order valence-corrected chi connectivity index (χ0v) is 19.6. The van der Waals surface area contributed by atoms with E-state index >= 15 is 0 Å². The SMILES string of the molecule is CC1C=CC(c2nc(-c3ccccc3)nc(-c3ccc4c(c3)oc3ccc(Br)cc34)n2)=CC1. The van der Waals surface area contributed by atoms with Crippen molar-refractivity contribution in [1.82, 2.24) is 15.0 Å². The van der Waals surface area contributed by atoms with E-state index in [-0.39, 0.29) is 0 Å². The Labute approximate surface area is 199 Å². The largest absolute Gasteiger partial charge is 0.456 e. The van der Waals surface area contributed by atoms with Crippen LogP contribution < -0.4 is 0 Å². The summed E-state index contributed by atoms with van der Waals surface area (Å²) in [5, 5.41) is 2.15. The van der Waals surface area contributed by atoms with Crippen molar-refractivity contribution < 1.29 is 4.42 Å². The Hall–Kier alpha value is -3.57. The second-order valence-electron chi connectivity index (χ2n) is 8.36. The summed E-state index contributed by atoms with van der Waals surface area (Å²) in [5.74, 6) is 2.52. The van der Waals surface area contributed by atoms with Gasteiger partial charge in [-0.15, -0.1) is 0 Å². The van der Waals surface area contributed by atoms with Gasteiger partial charge in [-0.05, 0) is 42.7 Å². The molecule has 33 heavy (non-hydrogen) atoms. The Morgan fingerprint density at radius 3 is 2.36 bits per heavy atom. The van der Waals surface area contributed by atoms with Crippen molar-refractivity contribution in [1.29, 1.82) is 0 Å². The summed E-state index contributed by atoms with van der Waals surface area (Å²) in [7, 11) is 0. The average molecular weight is 494 g/mol. The fourth-order valence-corrected chi connectivity index (χ4v) is 4.49. The molecule has 0 radical (unpaired) electrons. The standard InChI is InChI=1S/C28H20BrN3O/c1-17-7-9-19(10-8-17)27-30-26(18-5-3-2-4-6-18)31-28(32-27)20-11-13-22-23-16-21(29)12-14-24(23)33-25(22)15-20/h2-7,9-17H,8H2,1H3. The summed E-state index contributed by atoms with van der Waals surface area (Å²) in [6.07, 6.45) is 7.51. The molecule has 160 valence electrons. The number of furan rings is 1. The molecule has 3 aromatic carbocycles. The number of hydrogen-bond acceptors (Lipinski definition) is 4. The maximum atomic E-state index is 6.13. The van der Waals surface area contributed by atoms with Crippen molar-refractivity contribution in [3.8, 4) is 22.8 Å². The third-order valence-electron chi connectivity index (χ3n) is 5.93. The van der Waals surface area contributed by atoms with E-state index in [9.17, 15) is 0 Å². The number of fused-ring (bicyclic) bond motifs is 3. The van der Waals surface area contributed by atoms with Crippen LogP contribution in [0.4, 0.5) is 0 Å². The van der Waals surface area contributed by atoms with Crippen molar-refractivity contribution in [3.63, 3.8) is 0 Å². The van der Waals surface area contributed by atoms with Crippen LogP contribution in [0.1, 0.15) is 19.2 Å². The first-order valence-electron chi connectivity index (χ1n) is 11.0. The van der Waals surface area contributed by atoms with E-state index in [2.05, 4.69) is 59.3 Å². The molecule has 1 aliphatic rings. The smallest absolute Gasteiger partial charge is 0.164 e. The van der Waals surface area contributed by atoms with E-state index in [1.807, 2.05) is 48.5 Å². The van der Waals surface area contributed by atoms with Crippen LogP contribution in [0.25, 0.3) is 50.3 Å². The van der Waals surface area contributed by atoms with Crippen LogP contribution in [0.3, 0.4) is 0 Å². The lowest BCUT2D eigenvalue weighted by molar-refractivity contribution is 0.669. The van der Waals surface area contributed by atoms with E-state index in [0.717, 1.165) is 49.5 Å². The highest BCUT2D eigenvalue weighted by Crippen LogP contribution is 2.34. The van der Waals surface area contributed by atoms with Gasteiger partial charge in [-0.2, -0.15) is 0 Å². The first kappa shape index (κ1) is 20.1. The molecule has 0 N–H and O–H groups in total. The van der Waals surface area contributed by atoms with Crippen LogP contribution in [0.5, 0.6) is 0 Å². The van der Waals surface area contributed by atoms with Crippen molar-refractivity contribution in [2.45, 2.75) is 13.3 Å². The van der Waals surface area contributed by atoms with Crippen LogP contribution in [-0.4, -0.2) is 15.0 Å². The normalized spacial score (nSPS) is 15.8. The molecule has 5 aromatic rings. The lowest BCUT2D eigenvalue weighted by Crippen LogP contribution is -2.04. The van der Waals surface area contributed by atoms with Gasteiger partial charge in [0.05, 0.1) is 0 Å². The van der Waals surface area contributed by atoms with Crippen molar-refractivity contribution >= 4 is 43.4 Å². The molecule has 6 rings (SSSR count). The summed E-state index contributed by atoms with van der Waals surface area (Å²) in [5.41, 5.74) is 4.57. The van der Waals surface area contributed by atoms with Gasteiger partial charge in [-0.25, -0.2) is 15.0 Å². The maximum absolute atomic E-state index is 6.13. The van der Waals surface area contributed by atoms with E-state index in [1.54, 1.807) is 0 Å². The highest BCUT2D eigenvalue weighted by molar-refractivity contribution is 9.10. The molecule has 0 bridgehead atoms. The van der Waals surface area contributed by atoms with Crippen molar-refractivity contribution in [3.05, 3.63) is 95.3 Å². The molecule has 0 amide bonds. The highest BCUT2D eigenvalue weighted by Gasteiger charge is 2.16. The van der Waals surface area contributed by atoms with Crippen molar-refractivity contribution in [2.75, 3.05) is 0 Å². The Morgan fingerprint density at radius 2 is 1.58 bits per heavy atom. The Morgan fingerprint density at radius 1 is 0.788 bits per heavy atom. The van der Waals surface area contributed by atoms with Crippen LogP contribution >= 0.6 is 15.9 Å². The first-order valence-corrected chi connectivity index (χ1v) is 11.8. The molecular formula is C28H20BrN3O. The number of nitrogens with zero attached hydrogens (tertiary/aromatic N) is 3. The Bertz CT molecular complexity index is 1570. The second kappa shape index (κ2) is 8.09. The predicted molar refractivity (Wildman–Crippen MR) is 137 cm³/mol. The van der Waals surface area contributed by atoms with Gasteiger partial charge < -0.3 is 4.42 Å². The van der Waals surface area contributed by atoms with Gasteiger partial charge >= 0.3 is 0 Å². The quantitative estimate of drug-likeness (QED) is 0.256. The Kier molecular flexibility index (Phi) is 4.92. The zero-order chi connectivity index (χ0) is 22.4. The van der Waals surface area contributed by atoms with Crippen LogP contribution in [0.15, 0.2) is 93.8 Å². The minimum absolute atomic E-state index is 0.527. The summed E-state index contributed by atoms with van der Waals surface area (Å²) in [6.45, 7) is 2.21. The molecule has 0 saturated carbocycles. The van der Waals surface area contributed by atoms with Gasteiger partial charge in [-0.3, -0.25) is 0 Å². The van der Waals surface area contributed by atoms with E-state index < -0.39 is 0 Å². The second-order valence-corrected chi connectivity index (χ2v) is 9.27. The number of halogens is 1. The molecule has 1 aliphatic carbocycles. The zero-order valence-electron chi connectivity index (χ0n) is 18.0. The first-order chi connectivity index (χ1) is 16.1. The topological polar surface area (TPSA) is 51.8 Å². The number of hydrogen-bond donors (Lipinski definition) is 0. The molecule has 1 atom stereocenters. The molecule has 0 saturated heterocycles.